The van der Waals surface area contributed by atoms with Crippen molar-refractivity contribution in [2.75, 3.05) is 4.72 Å². The molecule has 2 N–H and O–H groups in total. The number of pyridine rings is 1. The predicted molar refractivity (Wildman–Crippen MR) is 109 cm³/mol. The smallest absolute Gasteiger partial charge is 0.261 e. The first-order valence-corrected chi connectivity index (χ1v) is 10.3. The summed E-state index contributed by atoms with van der Waals surface area (Å²) >= 11 is 5.80. The minimum absolute atomic E-state index is 0.0526. The number of nitrogens with one attached hydrogen (secondary N) is 2. The van der Waals surface area contributed by atoms with Crippen LogP contribution in [0.3, 0.4) is 0 Å². The van der Waals surface area contributed by atoms with Gasteiger partial charge in [-0.2, -0.15) is 0 Å². The second-order valence-corrected chi connectivity index (χ2v) is 8.21. The first-order chi connectivity index (χ1) is 13.3. The van der Waals surface area contributed by atoms with Crippen molar-refractivity contribution in [3.8, 4) is 0 Å². The van der Waals surface area contributed by atoms with Crippen LogP contribution in [0.5, 0.6) is 0 Å². The highest BCUT2D eigenvalue weighted by Crippen LogP contribution is 2.19. The monoisotopic (exact) mass is 415 g/mol. The highest BCUT2D eigenvalue weighted by atomic mass is 35.5. The zero-order valence-corrected chi connectivity index (χ0v) is 16.5. The molecule has 0 radical (unpaired) electrons. The Morgan fingerprint density at radius 1 is 1.00 bits per heavy atom. The number of sulfonamides is 1. The first kappa shape index (κ1) is 19.9. The van der Waals surface area contributed by atoms with Gasteiger partial charge in [0.25, 0.3) is 15.9 Å². The van der Waals surface area contributed by atoms with Crippen molar-refractivity contribution in [2.24, 2.45) is 0 Å². The molecule has 0 bridgehead atoms. The fraction of sp³-hybridized carbons (Fsp3) is 0.100. The van der Waals surface area contributed by atoms with Crippen molar-refractivity contribution in [1.82, 2.24) is 10.3 Å². The van der Waals surface area contributed by atoms with Gasteiger partial charge >= 0.3 is 0 Å². The van der Waals surface area contributed by atoms with Gasteiger partial charge < -0.3 is 5.32 Å². The van der Waals surface area contributed by atoms with Crippen LogP contribution in [-0.4, -0.2) is 19.3 Å². The number of nitrogens with zero attached hydrogens (tertiary/aromatic N) is 1. The molecule has 0 aliphatic heterocycles. The van der Waals surface area contributed by atoms with Gasteiger partial charge in [0.05, 0.1) is 16.6 Å². The van der Waals surface area contributed by atoms with E-state index in [2.05, 4.69) is 15.0 Å². The van der Waals surface area contributed by atoms with Crippen molar-refractivity contribution in [1.29, 1.82) is 0 Å². The maximum absolute atomic E-state index is 12.5. The summed E-state index contributed by atoms with van der Waals surface area (Å²) in [5.74, 6) is -0.312. The Labute approximate surface area is 168 Å². The van der Waals surface area contributed by atoms with Crippen LogP contribution < -0.4 is 10.0 Å². The Hall–Kier alpha value is -2.90. The van der Waals surface area contributed by atoms with Gasteiger partial charge in [-0.05, 0) is 67.6 Å². The Kier molecular flexibility index (Phi) is 5.96. The summed E-state index contributed by atoms with van der Waals surface area (Å²) in [6, 6.07) is 17.2. The van der Waals surface area contributed by atoms with Crippen LogP contribution in [0.1, 0.15) is 29.0 Å². The second kappa shape index (κ2) is 8.41. The molecule has 144 valence electrons. The van der Waals surface area contributed by atoms with E-state index in [1.807, 2.05) is 19.1 Å². The van der Waals surface area contributed by atoms with E-state index in [9.17, 15) is 13.2 Å². The van der Waals surface area contributed by atoms with E-state index in [0.717, 1.165) is 5.69 Å². The van der Waals surface area contributed by atoms with Crippen molar-refractivity contribution < 1.29 is 13.2 Å². The molecule has 1 amide bonds. The molecule has 28 heavy (non-hydrogen) atoms. The molecule has 8 heteroatoms. The molecular formula is C20H18ClN3O3S. The number of halogens is 1. The number of aromatic nitrogens is 1. The molecule has 0 aliphatic rings. The number of anilines is 1. The number of rotatable bonds is 6. The topological polar surface area (TPSA) is 88.2 Å². The summed E-state index contributed by atoms with van der Waals surface area (Å²) in [7, 11) is -3.77. The normalized spacial score (nSPS) is 12.2. The van der Waals surface area contributed by atoms with Crippen LogP contribution in [0, 0.1) is 0 Å². The summed E-state index contributed by atoms with van der Waals surface area (Å²) in [5.41, 5.74) is 1.49. The predicted octanol–water partition coefficient (Wildman–Crippen LogP) is 4.03. The van der Waals surface area contributed by atoms with E-state index in [0.29, 0.717) is 16.3 Å². The maximum atomic E-state index is 12.5. The third-order valence-corrected chi connectivity index (χ3v) is 5.65. The molecule has 0 unspecified atom stereocenters. The fourth-order valence-corrected chi connectivity index (χ4v) is 3.69. The number of hydrogen-bond donors (Lipinski definition) is 2. The lowest BCUT2D eigenvalue weighted by molar-refractivity contribution is 0.0939. The van der Waals surface area contributed by atoms with Crippen LogP contribution >= 0.6 is 11.6 Å². The first-order valence-electron chi connectivity index (χ1n) is 8.45. The van der Waals surface area contributed by atoms with Crippen LogP contribution in [0.15, 0.2) is 77.8 Å². The number of carbonyl (C=O) groups is 1. The fourth-order valence-electron chi connectivity index (χ4n) is 2.50. The Morgan fingerprint density at radius 3 is 2.29 bits per heavy atom. The zero-order valence-electron chi connectivity index (χ0n) is 15.0. The number of benzene rings is 2. The zero-order chi connectivity index (χ0) is 20.1. The van der Waals surface area contributed by atoms with Gasteiger partial charge in [-0.15, -0.1) is 0 Å². The van der Waals surface area contributed by atoms with Crippen LogP contribution in [0.2, 0.25) is 5.02 Å². The van der Waals surface area contributed by atoms with Gasteiger partial charge in [0.15, 0.2) is 0 Å². The van der Waals surface area contributed by atoms with E-state index in [1.165, 1.54) is 24.3 Å². The van der Waals surface area contributed by atoms with Crippen LogP contribution in [0.4, 0.5) is 5.69 Å². The molecule has 0 saturated heterocycles. The minimum Gasteiger partial charge on any atom is -0.344 e. The molecule has 3 aromatic rings. The van der Waals surface area contributed by atoms with E-state index in [-0.39, 0.29) is 16.8 Å². The van der Waals surface area contributed by atoms with E-state index >= 15 is 0 Å². The molecule has 2 aromatic carbocycles. The van der Waals surface area contributed by atoms with Gasteiger partial charge in [0.2, 0.25) is 0 Å². The lowest BCUT2D eigenvalue weighted by atomic mass is 10.1. The van der Waals surface area contributed by atoms with Crippen molar-refractivity contribution in [2.45, 2.75) is 17.9 Å². The van der Waals surface area contributed by atoms with E-state index in [4.69, 9.17) is 11.6 Å². The third kappa shape index (κ3) is 4.88. The molecule has 0 aliphatic carbocycles. The molecule has 0 spiro atoms. The molecule has 3 rings (SSSR count). The van der Waals surface area contributed by atoms with Gasteiger partial charge in [0.1, 0.15) is 0 Å². The van der Waals surface area contributed by atoms with Gasteiger partial charge in [-0.3, -0.25) is 14.5 Å². The molecule has 1 heterocycles. The van der Waals surface area contributed by atoms with Gasteiger partial charge in [-0.1, -0.05) is 17.7 Å². The number of carbonyl (C=O) groups excluding carboxylic acids is 1. The van der Waals surface area contributed by atoms with Crippen molar-refractivity contribution in [3.05, 3.63) is 89.2 Å². The lowest BCUT2D eigenvalue weighted by Crippen LogP contribution is -2.27. The molecular weight excluding hydrogens is 398 g/mol. The van der Waals surface area contributed by atoms with Gasteiger partial charge in [-0.25, -0.2) is 8.42 Å². The summed E-state index contributed by atoms with van der Waals surface area (Å²) in [6.45, 7) is 1.83. The Bertz CT molecular complexity index is 1050. The number of hydrogen-bond acceptors (Lipinski definition) is 4. The van der Waals surface area contributed by atoms with Crippen molar-refractivity contribution in [3.63, 3.8) is 0 Å². The summed E-state index contributed by atoms with van der Waals surface area (Å²) in [5, 5.41) is 3.35. The average molecular weight is 416 g/mol. The lowest BCUT2D eigenvalue weighted by Gasteiger charge is -2.13. The Balaban J connectivity index is 1.70. The average Bonchev–Trinajstić information content (AvgIpc) is 2.70. The molecule has 1 aromatic heterocycles. The van der Waals surface area contributed by atoms with Gasteiger partial charge in [0, 0.05) is 22.5 Å². The standard InChI is InChI=1S/C20H18ClN3O3S/c1-14(19-4-2-3-13-22-19)23-20(25)15-5-11-18(12-6-15)28(26,27)24-17-9-7-16(21)8-10-17/h2-14,24H,1H3,(H,23,25)/t14-/m1/s1. The molecule has 1 atom stereocenters. The number of amides is 1. The Morgan fingerprint density at radius 2 is 1.68 bits per heavy atom. The van der Waals surface area contributed by atoms with Crippen LogP contribution in [0.25, 0.3) is 0 Å². The molecule has 6 nitrogen and oxygen atoms in total. The second-order valence-electron chi connectivity index (χ2n) is 6.09. The largest absolute Gasteiger partial charge is 0.344 e. The molecule has 0 fully saturated rings. The summed E-state index contributed by atoms with van der Waals surface area (Å²) < 4.78 is 27.4. The van der Waals surface area contributed by atoms with Crippen molar-refractivity contribution >= 4 is 33.2 Å². The third-order valence-electron chi connectivity index (χ3n) is 4.00. The highest BCUT2D eigenvalue weighted by Gasteiger charge is 2.16. The minimum atomic E-state index is -3.77. The molecule has 0 saturated carbocycles. The van der Waals surface area contributed by atoms with Crippen LogP contribution in [-0.2, 0) is 10.0 Å². The highest BCUT2D eigenvalue weighted by molar-refractivity contribution is 7.92. The SMILES string of the molecule is C[C@@H](NC(=O)c1ccc(S(=O)(=O)Nc2ccc(Cl)cc2)cc1)c1ccccn1. The summed E-state index contributed by atoms with van der Waals surface area (Å²) in [6.07, 6.45) is 1.66. The summed E-state index contributed by atoms with van der Waals surface area (Å²) in [4.78, 5) is 16.7. The van der Waals surface area contributed by atoms with E-state index in [1.54, 1.807) is 36.5 Å². The maximum Gasteiger partial charge on any atom is 0.261 e. The quantitative estimate of drug-likeness (QED) is 0.636. The van der Waals surface area contributed by atoms with E-state index < -0.39 is 10.0 Å².